The average Bonchev–Trinajstić information content (AvgIpc) is 2.57. The van der Waals surface area contributed by atoms with E-state index in [-0.39, 0.29) is 0 Å². The van der Waals surface area contributed by atoms with Crippen LogP contribution in [0.4, 0.5) is 5.69 Å². The molecule has 1 heterocycles. The molecular weight excluding hydrogens is 332 g/mol. The van der Waals surface area contributed by atoms with Crippen LogP contribution < -0.4 is 10.1 Å². The van der Waals surface area contributed by atoms with E-state index >= 15 is 0 Å². The van der Waals surface area contributed by atoms with Gasteiger partial charge in [-0.05, 0) is 64.2 Å². The van der Waals surface area contributed by atoms with Gasteiger partial charge < -0.3 is 10.1 Å². The number of pyridine rings is 1. The first-order chi connectivity index (χ1) is 12.0. The third kappa shape index (κ3) is 5.12. The average molecular weight is 361 g/mol. The van der Waals surface area contributed by atoms with Crippen LogP contribution in [0.1, 0.15) is 48.4 Å². The molecule has 1 N–H and O–H groups in total. The van der Waals surface area contributed by atoms with Gasteiger partial charge in [0.2, 0.25) is 5.88 Å². The molecule has 4 heteroatoms. The van der Waals surface area contributed by atoms with E-state index in [1.165, 1.54) is 5.56 Å². The highest BCUT2D eigenvalue weighted by Gasteiger charge is 2.14. The van der Waals surface area contributed by atoms with Crippen molar-refractivity contribution in [1.82, 2.24) is 4.98 Å². The summed E-state index contributed by atoms with van der Waals surface area (Å²) < 4.78 is 6.19. The van der Waals surface area contributed by atoms with E-state index < -0.39 is 0 Å². The SMILES string of the molecule is CCC(CCCCl)Nc1ccnc(Oc2c(C)cc(C)cc2C)c1C. The molecule has 1 unspecified atom stereocenters. The number of hydrogen-bond acceptors (Lipinski definition) is 3. The van der Waals surface area contributed by atoms with E-state index in [1.807, 2.05) is 6.07 Å². The van der Waals surface area contributed by atoms with E-state index in [0.717, 1.165) is 47.4 Å². The Balaban J connectivity index is 2.24. The Morgan fingerprint density at radius 2 is 1.84 bits per heavy atom. The van der Waals surface area contributed by atoms with E-state index in [0.29, 0.717) is 17.8 Å². The van der Waals surface area contributed by atoms with Crippen molar-refractivity contribution >= 4 is 17.3 Å². The quantitative estimate of drug-likeness (QED) is 0.559. The van der Waals surface area contributed by atoms with Crippen molar-refractivity contribution < 1.29 is 4.74 Å². The summed E-state index contributed by atoms with van der Waals surface area (Å²) in [5, 5.41) is 3.62. The van der Waals surface area contributed by atoms with Gasteiger partial charge in [0.05, 0.1) is 0 Å². The highest BCUT2D eigenvalue weighted by molar-refractivity contribution is 6.17. The lowest BCUT2D eigenvalue weighted by Crippen LogP contribution is -2.19. The number of nitrogens with one attached hydrogen (secondary N) is 1. The number of halogens is 1. The second-order valence-corrected chi connectivity index (χ2v) is 7.08. The van der Waals surface area contributed by atoms with Crippen LogP contribution in [0.5, 0.6) is 11.6 Å². The highest BCUT2D eigenvalue weighted by atomic mass is 35.5. The lowest BCUT2D eigenvalue weighted by molar-refractivity contribution is 0.452. The van der Waals surface area contributed by atoms with Gasteiger partial charge in [0.1, 0.15) is 5.75 Å². The number of benzene rings is 1. The van der Waals surface area contributed by atoms with Gasteiger partial charge in [-0.3, -0.25) is 0 Å². The number of hydrogen-bond donors (Lipinski definition) is 1. The fourth-order valence-electron chi connectivity index (χ4n) is 3.12. The monoisotopic (exact) mass is 360 g/mol. The second-order valence-electron chi connectivity index (χ2n) is 6.70. The number of nitrogens with zero attached hydrogens (tertiary/aromatic N) is 1. The molecule has 1 aromatic heterocycles. The first kappa shape index (κ1) is 19.6. The lowest BCUT2D eigenvalue weighted by atomic mass is 10.1. The lowest BCUT2D eigenvalue weighted by Gasteiger charge is -2.21. The predicted molar refractivity (Wildman–Crippen MR) is 107 cm³/mol. The minimum atomic E-state index is 0.413. The highest BCUT2D eigenvalue weighted by Crippen LogP contribution is 2.33. The molecule has 0 spiro atoms. The summed E-state index contributed by atoms with van der Waals surface area (Å²) in [6.45, 7) is 10.5. The van der Waals surface area contributed by atoms with Crippen molar-refractivity contribution in [1.29, 1.82) is 0 Å². The van der Waals surface area contributed by atoms with Crippen LogP contribution in [0, 0.1) is 27.7 Å². The minimum Gasteiger partial charge on any atom is -0.438 e. The molecule has 0 radical (unpaired) electrons. The zero-order valence-corrected chi connectivity index (χ0v) is 16.7. The molecule has 0 aliphatic rings. The summed E-state index contributed by atoms with van der Waals surface area (Å²) in [6, 6.07) is 6.70. The van der Waals surface area contributed by atoms with Crippen molar-refractivity contribution in [3.8, 4) is 11.6 Å². The number of anilines is 1. The molecule has 3 nitrogen and oxygen atoms in total. The van der Waals surface area contributed by atoms with Crippen LogP contribution in [0.15, 0.2) is 24.4 Å². The van der Waals surface area contributed by atoms with Crippen molar-refractivity contribution in [3.05, 3.63) is 46.6 Å². The fourth-order valence-corrected chi connectivity index (χ4v) is 3.28. The van der Waals surface area contributed by atoms with Gasteiger partial charge in [-0.1, -0.05) is 24.6 Å². The maximum absolute atomic E-state index is 6.19. The molecule has 0 aliphatic carbocycles. The van der Waals surface area contributed by atoms with Crippen LogP contribution in [0.25, 0.3) is 0 Å². The summed E-state index contributed by atoms with van der Waals surface area (Å²) >= 11 is 5.84. The largest absolute Gasteiger partial charge is 0.438 e. The molecule has 1 aromatic carbocycles. The van der Waals surface area contributed by atoms with Crippen LogP contribution in [-0.4, -0.2) is 16.9 Å². The van der Waals surface area contributed by atoms with Gasteiger partial charge >= 0.3 is 0 Å². The Hall–Kier alpha value is -1.74. The first-order valence-corrected chi connectivity index (χ1v) is 9.53. The Morgan fingerprint density at radius 1 is 1.16 bits per heavy atom. The van der Waals surface area contributed by atoms with Crippen LogP contribution in [0.2, 0.25) is 0 Å². The van der Waals surface area contributed by atoms with Crippen molar-refractivity contribution in [2.75, 3.05) is 11.2 Å². The van der Waals surface area contributed by atoms with Gasteiger partial charge in [0, 0.05) is 29.4 Å². The second kappa shape index (κ2) is 9.10. The van der Waals surface area contributed by atoms with E-state index in [4.69, 9.17) is 16.3 Å². The number of aromatic nitrogens is 1. The third-order valence-electron chi connectivity index (χ3n) is 4.50. The van der Waals surface area contributed by atoms with E-state index in [1.54, 1.807) is 6.20 Å². The molecular formula is C21H29ClN2O. The summed E-state index contributed by atoms with van der Waals surface area (Å²) in [7, 11) is 0. The van der Waals surface area contributed by atoms with Crippen molar-refractivity contribution in [3.63, 3.8) is 0 Å². The molecule has 0 saturated heterocycles. The molecule has 1 atom stereocenters. The summed E-state index contributed by atoms with van der Waals surface area (Å²) in [4.78, 5) is 4.45. The fraction of sp³-hybridized carbons (Fsp3) is 0.476. The Morgan fingerprint density at radius 3 is 2.44 bits per heavy atom. The normalized spacial score (nSPS) is 12.1. The first-order valence-electron chi connectivity index (χ1n) is 9.00. The van der Waals surface area contributed by atoms with Crippen LogP contribution >= 0.6 is 11.6 Å². The zero-order valence-electron chi connectivity index (χ0n) is 15.9. The molecule has 2 aromatic rings. The molecule has 0 amide bonds. The molecule has 0 fully saturated rings. The third-order valence-corrected chi connectivity index (χ3v) is 4.77. The molecule has 0 aliphatic heterocycles. The minimum absolute atomic E-state index is 0.413. The maximum atomic E-state index is 6.19. The molecule has 0 saturated carbocycles. The molecule has 2 rings (SSSR count). The van der Waals surface area contributed by atoms with Gasteiger partial charge in [0.25, 0.3) is 0 Å². The van der Waals surface area contributed by atoms with Gasteiger partial charge in [-0.2, -0.15) is 0 Å². The zero-order chi connectivity index (χ0) is 18.4. The van der Waals surface area contributed by atoms with Gasteiger partial charge in [0.15, 0.2) is 0 Å². The van der Waals surface area contributed by atoms with Crippen LogP contribution in [-0.2, 0) is 0 Å². The number of alkyl halides is 1. The van der Waals surface area contributed by atoms with Gasteiger partial charge in [-0.25, -0.2) is 4.98 Å². The molecule has 136 valence electrons. The summed E-state index contributed by atoms with van der Waals surface area (Å²) in [5.74, 6) is 2.26. The van der Waals surface area contributed by atoms with Crippen LogP contribution in [0.3, 0.4) is 0 Å². The van der Waals surface area contributed by atoms with Gasteiger partial charge in [-0.15, -0.1) is 11.6 Å². The topological polar surface area (TPSA) is 34.2 Å². The number of ether oxygens (including phenoxy) is 1. The Kier molecular flexibility index (Phi) is 7.12. The maximum Gasteiger partial charge on any atom is 0.224 e. The molecule has 25 heavy (non-hydrogen) atoms. The smallest absolute Gasteiger partial charge is 0.224 e. The number of aryl methyl sites for hydroxylation is 3. The molecule has 0 bridgehead atoms. The Bertz CT molecular complexity index is 692. The van der Waals surface area contributed by atoms with E-state index in [2.05, 4.69) is 57.1 Å². The van der Waals surface area contributed by atoms with E-state index in [9.17, 15) is 0 Å². The number of rotatable bonds is 8. The summed E-state index contributed by atoms with van der Waals surface area (Å²) in [6.07, 6.45) is 4.94. The standard InChI is InChI=1S/C21H29ClN2O/c1-6-18(8-7-10-22)24-19-9-11-23-21(17(19)5)25-20-15(3)12-14(2)13-16(20)4/h9,11-13,18H,6-8,10H2,1-5H3,(H,23,24). The summed E-state index contributed by atoms with van der Waals surface area (Å²) in [5.41, 5.74) is 5.61. The van der Waals surface area contributed by atoms with Crippen molar-refractivity contribution in [2.24, 2.45) is 0 Å². The predicted octanol–water partition coefficient (Wildman–Crippen LogP) is 6.32. The van der Waals surface area contributed by atoms with Crippen molar-refractivity contribution in [2.45, 2.75) is 59.9 Å². The Labute approximate surface area is 156 Å².